The van der Waals surface area contributed by atoms with Crippen molar-refractivity contribution in [2.24, 2.45) is 0 Å². The smallest absolute Gasteiger partial charge is 0.358 e. The van der Waals surface area contributed by atoms with Crippen molar-refractivity contribution >= 4 is 11.8 Å². The molecular formula is C22H23N3O3. The summed E-state index contributed by atoms with van der Waals surface area (Å²) in [6.45, 7) is 6.13. The van der Waals surface area contributed by atoms with Crippen molar-refractivity contribution in [3.63, 3.8) is 0 Å². The predicted octanol–water partition coefficient (Wildman–Crippen LogP) is 3.49. The predicted molar refractivity (Wildman–Crippen MR) is 105 cm³/mol. The van der Waals surface area contributed by atoms with Gasteiger partial charge in [0.05, 0.1) is 11.9 Å². The Morgan fingerprint density at radius 1 is 1.04 bits per heavy atom. The summed E-state index contributed by atoms with van der Waals surface area (Å²) in [5.74, 6) is -0.883. The highest BCUT2D eigenvalue weighted by Gasteiger charge is 2.18. The topological polar surface area (TPSA) is 74.1 Å². The van der Waals surface area contributed by atoms with Crippen molar-refractivity contribution in [2.45, 2.75) is 33.7 Å². The maximum Gasteiger partial charge on any atom is 0.358 e. The molecule has 6 heteroatoms. The highest BCUT2D eigenvalue weighted by Crippen LogP contribution is 2.17. The molecule has 0 radical (unpaired) electrons. The number of ketones is 1. The third kappa shape index (κ3) is 4.52. The molecule has 1 aromatic carbocycles. The van der Waals surface area contributed by atoms with E-state index in [1.807, 2.05) is 38.1 Å². The van der Waals surface area contributed by atoms with Crippen LogP contribution >= 0.6 is 0 Å². The number of nitrogens with zero attached hydrogens (tertiary/aromatic N) is 3. The SMILES string of the molecule is Cc1cnc(C(=O)OCC(=O)c2cc(C)n(CCc3ccccc3)c2C)cn1. The molecule has 0 N–H and O–H groups in total. The average molecular weight is 377 g/mol. The Labute approximate surface area is 164 Å². The maximum absolute atomic E-state index is 12.6. The molecule has 28 heavy (non-hydrogen) atoms. The van der Waals surface area contributed by atoms with E-state index in [0.717, 1.165) is 24.4 Å². The van der Waals surface area contributed by atoms with Crippen LogP contribution in [0.3, 0.4) is 0 Å². The molecule has 0 bridgehead atoms. The molecule has 2 aromatic heterocycles. The second-order valence-corrected chi connectivity index (χ2v) is 6.71. The van der Waals surface area contributed by atoms with Crippen LogP contribution in [-0.4, -0.2) is 32.9 Å². The molecule has 2 heterocycles. The van der Waals surface area contributed by atoms with E-state index in [4.69, 9.17) is 4.74 Å². The van der Waals surface area contributed by atoms with E-state index in [1.54, 1.807) is 6.92 Å². The summed E-state index contributed by atoms with van der Waals surface area (Å²) in [6, 6.07) is 12.1. The largest absolute Gasteiger partial charge is 0.453 e. The van der Waals surface area contributed by atoms with Gasteiger partial charge in [-0.2, -0.15) is 0 Å². The summed E-state index contributed by atoms with van der Waals surface area (Å²) in [6.07, 6.45) is 3.71. The zero-order chi connectivity index (χ0) is 20.1. The van der Waals surface area contributed by atoms with Gasteiger partial charge in [0, 0.05) is 29.7 Å². The summed E-state index contributed by atoms with van der Waals surface area (Å²) in [5, 5.41) is 0. The van der Waals surface area contributed by atoms with Crippen LogP contribution < -0.4 is 0 Å². The van der Waals surface area contributed by atoms with Crippen molar-refractivity contribution in [1.29, 1.82) is 0 Å². The van der Waals surface area contributed by atoms with Crippen molar-refractivity contribution in [1.82, 2.24) is 14.5 Å². The molecule has 0 spiro atoms. The van der Waals surface area contributed by atoms with Crippen LogP contribution in [0.25, 0.3) is 0 Å². The minimum absolute atomic E-state index is 0.0896. The summed E-state index contributed by atoms with van der Waals surface area (Å²) in [7, 11) is 0. The van der Waals surface area contributed by atoms with Gasteiger partial charge in [-0.15, -0.1) is 0 Å². The average Bonchev–Trinajstić information content (AvgIpc) is 2.99. The van der Waals surface area contributed by atoms with Crippen LogP contribution in [0.15, 0.2) is 48.8 Å². The highest BCUT2D eigenvalue weighted by molar-refractivity contribution is 6.00. The van der Waals surface area contributed by atoms with Gasteiger partial charge < -0.3 is 9.30 Å². The van der Waals surface area contributed by atoms with Gasteiger partial charge in [-0.1, -0.05) is 30.3 Å². The van der Waals surface area contributed by atoms with E-state index in [9.17, 15) is 9.59 Å². The van der Waals surface area contributed by atoms with Gasteiger partial charge in [0.15, 0.2) is 12.3 Å². The fraction of sp³-hybridized carbons (Fsp3) is 0.273. The normalized spacial score (nSPS) is 10.7. The number of aromatic nitrogens is 3. The Bertz CT molecular complexity index is 976. The second kappa shape index (κ2) is 8.61. The Morgan fingerprint density at radius 2 is 1.79 bits per heavy atom. The van der Waals surface area contributed by atoms with Crippen LogP contribution in [0.1, 0.15) is 43.5 Å². The van der Waals surface area contributed by atoms with Crippen molar-refractivity contribution in [2.75, 3.05) is 6.61 Å². The first kappa shape index (κ1) is 19.5. The number of esters is 1. The molecule has 6 nitrogen and oxygen atoms in total. The first-order valence-corrected chi connectivity index (χ1v) is 9.15. The van der Waals surface area contributed by atoms with Gasteiger partial charge in [0.1, 0.15) is 0 Å². The quantitative estimate of drug-likeness (QED) is 0.465. The molecule has 0 aliphatic carbocycles. The van der Waals surface area contributed by atoms with Crippen molar-refractivity contribution in [3.05, 3.63) is 82.7 Å². The Hall–Kier alpha value is -3.28. The van der Waals surface area contributed by atoms with Gasteiger partial charge in [-0.05, 0) is 38.8 Å². The first-order chi connectivity index (χ1) is 13.5. The second-order valence-electron chi connectivity index (χ2n) is 6.71. The first-order valence-electron chi connectivity index (χ1n) is 9.15. The molecule has 0 atom stereocenters. The van der Waals surface area contributed by atoms with Crippen LogP contribution in [0.4, 0.5) is 0 Å². The summed E-state index contributed by atoms with van der Waals surface area (Å²) in [4.78, 5) is 32.6. The number of aryl methyl sites for hydroxylation is 3. The van der Waals surface area contributed by atoms with Gasteiger partial charge in [0.2, 0.25) is 5.78 Å². The molecule has 144 valence electrons. The molecule has 0 fully saturated rings. The van der Waals surface area contributed by atoms with Gasteiger partial charge in [-0.25, -0.2) is 9.78 Å². The molecule has 0 unspecified atom stereocenters. The van der Waals surface area contributed by atoms with Gasteiger partial charge >= 0.3 is 5.97 Å². The lowest BCUT2D eigenvalue weighted by molar-refractivity contribution is 0.0468. The Balaban J connectivity index is 1.63. The number of rotatable bonds is 7. The molecular weight excluding hydrogens is 354 g/mol. The zero-order valence-electron chi connectivity index (χ0n) is 16.3. The number of carbonyl (C=O) groups excluding carboxylic acids is 2. The van der Waals surface area contributed by atoms with E-state index in [0.29, 0.717) is 11.3 Å². The lowest BCUT2D eigenvalue weighted by Gasteiger charge is -2.10. The lowest BCUT2D eigenvalue weighted by Crippen LogP contribution is -2.16. The fourth-order valence-electron chi connectivity index (χ4n) is 3.09. The lowest BCUT2D eigenvalue weighted by atomic mass is 10.1. The maximum atomic E-state index is 12.6. The number of benzene rings is 1. The monoisotopic (exact) mass is 377 g/mol. The van der Waals surface area contributed by atoms with Crippen molar-refractivity contribution in [3.8, 4) is 0 Å². The third-order valence-corrected chi connectivity index (χ3v) is 4.67. The van der Waals surface area contributed by atoms with Crippen LogP contribution in [-0.2, 0) is 17.7 Å². The fourth-order valence-corrected chi connectivity index (χ4v) is 3.09. The van der Waals surface area contributed by atoms with E-state index < -0.39 is 5.97 Å². The van der Waals surface area contributed by atoms with E-state index in [2.05, 4.69) is 26.7 Å². The molecule has 0 aliphatic rings. The standard InChI is InChI=1S/C22H23N3O3/c1-15-12-24-20(13-23-15)22(27)28-14-21(26)19-11-16(2)25(17(19)3)10-9-18-7-5-4-6-8-18/h4-8,11-13H,9-10,14H2,1-3H3. The minimum Gasteiger partial charge on any atom is -0.453 e. The summed E-state index contributed by atoms with van der Waals surface area (Å²) >= 11 is 0. The molecule has 0 saturated heterocycles. The van der Waals surface area contributed by atoms with Crippen molar-refractivity contribution < 1.29 is 14.3 Å². The van der Waals surface area contributed by atoms with Gasteiger partial charge in [-0.3, -0.25) is 9.78 Å². The summed E-state index contributed by atoms with van der Waals surface area (Å²) < 4.78 is 7.24. The zero-order valence-corrected chi connectivity index (χ0v) is 16.3. The molecule has 3 aromatic rings. The van der Waals surface area contributed by atoms with Crippen LogP contribution in [0.2, 0.25) is 0 Å². The molecule has 0 aliphatic heterocycles. The minimum atomic E-state index is -0.654. The molecule has 0 amide bonds. The Kier molecular flexibility index (Phi) is 5.99. The summed E-state index contributed by atoms with van der Waals surface area (Å²) in [5.41, 5.74) is 4.50. The number of Topliss-reactive ketones (excluding diaryl/α,β-unsaturated/α-hetero) is 1. The number of carbonyl (C=O) groups is 2. The third-order valence-electron chi connectivity index (χ3n) is 4.67. The number of hydrogen-bond acceptors (Lipinski definition) is 5. The highest BCUT2D eigenvalue weighted by atomic mass is 16.5. The van der Waals surface area contributed by atoms with E-state index in [1.165, 1.54) is 18.0 Å². The van der Waals surface area contributed by atoms with Crippen LogP contribution in [0, 0.1) is 20.8 Å². The number of ether oxygens (including phenoxy) is 1. The molecule has 0 saturated carbocycles. The number of hydrogen-bond donors (Lipinski definition) is 0. The van der Waals surface area contributed by atoms with E-state index >= 15 is 0 Å². The molecule has 3 rings (SSSR count). The van der Waals surface area contributed by atoms with E-state index in [-0.39, 0.29) is 18.1 Å². The van der Waals surface area contributed by atoms with Gasteiger partial charge in [0.25, 0.3) is 0 Å². The van der Waals surface area contributed by atoms with Crippen LogP contribution in [0.5, 0.6) is 0 Å². The Morgan fingerprint density at radius 3 is 2.46 bits per heavy atom.